The van der Waals surface area contributed by atoms with Crippen LogP contribution in [-0.4, -0.2) is 60.6 Å². The summed E-state index contributed by atoms with van der Waals surface area (Å²) < 4.78 is 9.88. The first-order valence-corrected chi connectivity index (χ1v) is 10.9. The zero-order valence-electron chi connectivity index (χ0n) is 15.7. The third-order valence-corrected chi connectivity index (χ3v) is 5.43. The van der Waals surface area contributed by atoms with Gasteiger partial charge in [-0.25, -0.2) is 9.59 Å². The van der Waals surface area contributed by atoms with Gasteiger partial charge in [0.05, 0.1) is 13.2 Å². The van der Waals surface area contributed by atoms with Gasteiger partial charge in [0.2, 0.25) is 11.8 Å². The van der Waals surface area contributed by atoms with Crippen LogP contribution in [0.25, 0.3) is 0 Å². The third-order valence-electron chi connectivity index (χ3n) is 2.96. The maximum Gasteiger partial charge on any atom is 0.328 e. The zero-order valence-corrected chi connectivity index (χ0v) is 17.3. The fourth-order valence-corrected chi connectivity index (χ4v) is 4.11. The summed E-state index contributed by atoms with van der Waals surface area (Å²) in [4.78, 5) is 45.9. The average Bonchev–Trinajstić information content (AvgIpc) is 2.55. The molecule has 2 atom stereocenters. The number of rotatable bonds is 13. The third kappa shape index (κ3) is 12.0. The molecule has 0 aliphatic rings. The Morgan fingerprint density at radius 2 is 1.12 bits per heavy atom. The van der Waals surface area contributed by atoms with Crippen molar-refractivity contribution in [3.05, 3.63) is 0 Å². The van der Waals surface area contributed by atoms with Gasteiger partial charge in [0.15, 0.2) is 0 Å². The second-order valence-electron chi connectivity index (χ2n) is 5.23. The molecule has 10 heteroatoms. The standard InChI is InChI=1S/C16H28N2O6S2/c1-5-23-15(21)13(17-11(3)19)7-9-25-26-10-8-14(18-12(4)20)16(22)24-6-2/h13-14H,5-10H2,1-4H3,(H,17,19)(H,18,20)/t13-,14-/m1/s1. The first-order valence-electron chi connectivity index (χ1n) is 8.43. The topological polar surface area (TPSA) is 111 Å². The summed E-state index contributed by atoms with van der Waals surface area (Å²) in [6, 6.07) is -1.32. The van der Waals surface area contributed by atoms with Gasteiger partial charge in [-0.3, -0.25) is 9.59 Å². The first kappa shape index (κ1) is 24.6. The Kier molecular flexibility index (Phi) is 13.9. The number of hydrogen-bond acceptors (Lipinski definition) is 8. The van der Waals surface area contributed by atoms with Gasteiger partial charge < -0.3 is 20.1 Å². The minimum Gasteiger partial charge on any atom is -0.464 e. The highest BCUT2D eigenvalue weighted by atomic mass is 33.1. The van der Waals surface area contributed by atoms with Crippen LogP contribution in [0.2, 0.25) is 0 Å². The molecule has 26 heavy (non-hydrogen) atoms. The molecular formula is C16H28N2O6S2. The monoisotopic (exact) mass is 408 g/mol. The van der Waals surface area contributed by atoms with Crippen LogP contribution in [0.4, 0.5) is 0 Å². The lowest BCUT2D eigenvalue weighted by Crippen LogP contribution is -2.41. The van der Waals surface area contributed by atoms with E-state index in [1.165, 1.54) is 35.4 Å². The van der Waals surface area contributed by atoms with Crippen LogP contribution < -0.4 is 10.6 Å². The van der Waals surface area contributed by atoms with Crippen LogP contribution in [0.3, 0.4) is 0 Å². The van der Waals surface area contributed by atoms with Crippen molar-refractivity contribution < 1.29 is 28.7 Å². The van der Waals surface area contributed by atoms with Crippen molar-refractivity contribution in [3.63, 3.8) is 0 Å². The highest BCUT2D eigenvalue weighted by Crippen LogP contribution is 2.24. The Balaban J connectivity index is 4.20. The lowest BCUT2D eigenvalue weighted by Gasteiger charge is -2.17. The Morgan fingerprint density at radius 3 is 1.38 bits per heavy atom. The summed E-state index contributed by atoms with van der Waals surface area (Å²) in [7, 11) is 3.05. The van der Waals surface area contributed by atoms with Crippen LogP contribution in [0, 0.1) is 0 Å². The molecule has 8 nitrogen and oxygen atoms in total. The molecule has 0 bridgehead atoms. The summed E-state index contributed by atoms with van der Waals surface area (Å²) in [5, 5.41) is 5.16. The van der Waals surface area contributed by atoms with Crippen molar-refractivity contribution in [2.24, 2.45) is 0 Å². The Morgan fingerprint density at radius 1 is 0.769 bits per heavy atom. The maximum atomic E-state index is 11.8. The molecule has 150 valence electrons. The quantitative estimate of drug-likeness (QED) is 0.266. The van der Waals surface area contributed by atoms with E-state index < -0.39 is 24.0 Å². The fourth-order valence-electron chi connectivity index (χ4n) is 1.92. The second-order valence-corrected chi connectivity index (χ2v) is 7.93. The van der Waals surface area contributed by atoms with E-state index in [1.54, 1.807) is 13.8 Å². The molecule has 0 fully saturated rings. The molecule has 0 saturated heterocycles. The Bertz CT molecular complexity index is 434. The predicted octanol–water partition coefficient (Wildman–Crippen LogP) is 1.28. The van der Waals surface area contributed by atoms with E-state index in [0.717, 1.165) is 0 Å². The molecule has 0 aliphatic carbocycles. The normalized spacial score (nSPS) is 12.6. The smallest absolute Gasteiger partial charge is 0.328 e. The summed E-state index contributed by atoms with van der Waals surface area (Å²) in [6.07, 6.45) is 0.895. The zero-order chi connectivity index (χ0) is 19.9. The first-order chi connectivity index (χ1) is 12.3. The van der Waals surface area contributed by atoms with E-state index in [4.69, 9.17) is 9.47 Å². The van der Waals surface area contributed by atoms with E-state index >= 15 is 0 Å². The lowest BCUT2D eigenvalue weighted by atomic mass is 10.2. The molecule has 0 spiro atoms. The molecule has 0 saturated carbocycles. The van der Waals surface area contributed by atoms with E-state index in [0.29, 0.717) is 24.3 Å². The number of hydrogen-bond donors (Lipinski definition) is 2. The van der Waals surface area contributed by atoms with Gasteiger partial charge in [-0.15, -0.1) is 0 Å². The van der Waals surface area contributed by atoms with Gasteiger partial charge in [-0.05, 0) is 26.7 Å². The summed E-state index contributed by atoms with van der Waals surface area (Å²) in [5.74, 6) is -0.207. The van der Waals surface area contributed by atoms with Gasteiger partial charge in [-0.1, -0.05) is 21.6 Å². The van der Waals surface area contributed by atoms with Gasteiger partial charge in [-0.2, -0.15) is 0 Å². The SMILES string of the molecule is CCOC(=O)[C@@H](CCSSCC[C@@H](NC(C)=O)C(=O)OCC)NC(C)=O. The minimum atomic E-state index is -0.660. The van der Waals surface area contributed by atoms with E-state index in [9.17, 15) is 19.2 Å². The van der Waals surface area contributed by atoms with Crippen molar-refractivity contribution in [2.75, 3.05) is 24.7 Å². The van der Waals surface area contributed by atoms with Crippen molar-refractivity contribution in [3.8, 4) is 0 Å². The molecule has 2 N–H and O–H groups in total. The minimum absolute atomic E-state index is 0.259. The lowest BCUT2D eigenvalue weighted by molar-refractivity contribution is -0.147. The van der Waals surface area contributed by atoms with Gasteiger partial charge in [0.25, 0.3) is 0 Å². The number of ether oxygens (including phenoxy) is 2. The number of amides is 2. The molecule has 0 aromatic heterocycles. The molecule has 2 amide bonds. The summed E-state index contributed by atoms with van der Waals surface area (Å²) in [5.41, 5.74) is 0. The van der Waals surface area contributed by atoms with Crippen molar-refractivity contribution in [1.29, 1.82) is 0 Å². The van der Waals surface area contributed by atoms with E-state index in [1.807, 2.05) is 0 Å². The highest BCUT2D eigenvalue weighted by molar-refractivity contribution is 8.76. The fraction of sp³-hybridized carbons (Fsp3) is 0.750. The van der Waals surface area contributed by atoms with Gasteiger partial charge in [0, 0.05) is 25.4 Å². The molecule has 0 aromatic carbocycles. The number of carbonyl (C=O) groups is 4. The van der Waals surface area contributed by atoms with E-state index in [2.05, 4.69) is 10.6 Å². The Labute approximate surface area is 162 Å². The number of carbonyl (C=O) groups excluding carboxylic acids is 4. The van der Waals surface area contributed by atoms with Crippen LogP contribution in [0.15, 0.2) is 0 Å². The van der Waals surface area contributed by atoms with Crippen LogP contribution in [-0.2, 0) is 28.7 Å². The molecule has 0 aromatic rings. The second kappa shape index (κ2) is 14.7. The molecular weight excluding hydrogens is 380 g/mol. The predicted molar refractivity (Wildman–Crippen MR) is 103 cm³/mol. The maximum absolute atomic E-state index is 11.8. The number of esters is 2. The van der Waals surface area contributed by atoms with Gasteiger partial charge in [0.1, 0.15) is 12.1 Å². The molecule has 0 rings (SSSR count). The van der Waals surface area contributed by atoms with Crippen molar-refractivity contribution in [1.82, 2.24) is 10.6 Å². The van der Waals surface area contributed by atoms with Crippen molar-refractivity contribution in [2.45, 2.75) is 52.6 Å². The van der Waals surface area contributed by atoms with Crippen molar-refractivity contribution >= 4 is 45.3 Å². The molecule has 0 heterocycles. The number of nitrogens with one attached hydrogen (secondary N) is 2. The van der Waals surface area contributed by atoms with E-state index in [-0.39, 0.29) is 25.0 Å². The van der Waals surface area contributed by atoms with Crippen LogP contribution in [0.5, 0.6) is 0 Å². The molecule has 0 radical (unpaired) electrons. The van der Waals surface area contributed by atoms with Gasteiger partial charge >= 0.3 is 11.9 Å². The van der Waals surface area contributed by atoms with Crippen LogP contribution in [0.1, 0.15) is 40.5 Å². The largest absolute Gasteiger partial charge is 0.464 e. The van der Waals surface area contributed by atoms with Crippen LogP contribution >= 0.6 is 21.6 Å². The molecule has 0 unspecified atom stereocenters. The summed E-state index contributed by atoms with van der Waals surface area (Å²) in [6.45, 7) is 6.65. The Hall–Kier alpha value is -1.42. The average molecular weight is 409 g/mol. The highest BCUT2D eigenvalue weighted by Gasteiger charge is 2.21. The summed E-state index contributed by atoms with van der Waals surface area (Å²) >= 11 is 0. The molecule has 0 aliphatic heterocycles.